The van der Waals surface area contributed by atoms with E-state index in [1.54, 1.807) is 7.11 Å². The summed E-state index contributed by atoms with van der Waals surface area (Å²) in [4.78, 5) is 0. The summed E-state index contributed by atoms with van der Waals surface area (Å²) in [6.45, 7) is 4.36. The van der Waals surface area contributed by atoms with E-state index >= 15 is 0 Å². The number of methoxy groups -OCH3 is 1. The number of benzene rings is 1. The van der Waals surface area contributed by atoms with Gasteiger partial charge in [-0.25, -0.2) is 13.1 Å². The van der Waals surface area contributed by atoms with Crippen molar-refractivity contribution in [2.75, 3.05) is 19.9 Å². The Kier molecular flexibility index (Phi) is 4.16. The molecule has 0 aromatic heterocycles. The van der Waals surface area contributed by atoms with Crippen molar-refractivity contribution in [1.29, 1.82) is 0 Å². The topological polar surface area (TPSA) is 55.4 Å². The Morgan fingerprint density at radius 3 is 2.18 bits per heavy atom. The van der Waals surface area contributed by atoms with Gasteiger partial charge in [0.2, 0.25) is 10.0 Å². The molecule has 0 atom stereocenters. The highest BCUT2D eigenvalue weighted by Crippen LogP contribution is 2.24. The first kappa shape index (κ1) is 14.0. The van der Waals surface area contributed by atoms with Gasteiger partial charge < -0.3 is 4.74 Å². The lowest BCUT2D eigenvalue weighted by molar-refractivity contribution is 0.414. The molecule has 0 aliphatic rings. The molecule has 1 aromatic carbocycles. The zero-order valence-corrected chi connectivity index (χ0v) is 11.5. The molecule has 17 heavy (non-hydrogen) atoms. The first-order valence-corrected chi connectivity index (χ1v) is 7.23. The molecule has 96 valence electrons. The standard InChI is InChI=1S/C12H19NO3S/c1-12(2,9-13-17(4,14)15)10-5-7-11(16-3)8-6-10/h5-8,13H,9H2,1-4H3. The van der Waals surface area contributed by atoms with Crippen molar-refractivity contribution in [3.05, 3.63) is 29.8 Å². The van der Waals surface area contributed by atoms with E-state index in [1.165, 1.54) is 0 Å². The van der Waals surface area contributed by atoms with Crippen LogP contribution in [0.3, 0.4) is 0 Å². The highest BCUT2D eigenvalue weighted by molar-refractivity contribution is 7.88. The van der Waals surface area contributed by atoms with E-state index in [4.69, 9.17) is 4.74 Å². The number of hydrogen-bond donors (Lipinski definition) is 1. The zero-order valence-electron chi connectivity index (χ0n) is 10.6. The number of sulfonamides is 1. The molecule has 0 saturated carbocycles. The quantitative estimate of drug-likeness (QED) is 0.870. The van der Waals surface area contributed by atoms with Gasteiger partial charge in [0, 0.05) is 12.0 Å². The van der Waals surface area contributed by atoms with Crippen molar-refractivity contribution in [3.8, 4) is 5.75 Å². The predicted octanol–water partition coefficient (Wildman–Crippen LogP) is 1.52. The summed E-state index contributed by atoms with van der Waals surface area (Å²) in [6, 6.07) is 7.64. The number of ether oxygens (including phenoxy) is 1. The van der Waals surface area contributed by atoms with Crippen molar-refractivity contribution in [3.63, 3.8) is 0 Å². The van der Waals surface area contributed by atoms with Gasteiger partial charge in [-0.3, -0.25) is 0 Å². The van der Waals surface area contributed by atoms with Crippen LogP contribution in [0.25, 0.3) is 0 Å². The molecule has 0 saturated heterocycles. The average molecular weight is 257 g/mol. The highest BCUT2D eigenvalue weighted by atomic mass is 32.2. The molecule has 1 aromatic rings. The van der Waals surface area contributed by atoms with Crippen molar-refractivity contribution in [1.82, 2.24) is 4.72 Å². The fourth-order valence-electron chi connectivity index (χ4n) is 1.46. The maximum atomic E-state index is 11.1. The summed E-state index contributed by atoms with van der Waals surface area (Å²) in [5, 5.41) is 0. The molecule has 0 aliphatic heterocycles. The zero-order chi connectivity index (χ0) is 13.1. The van der Waals surface area contributed by atoms with Gasteiger partial charge in [-0.15, -0.1) is 0 Å². The normalized spacial score (nSPS) is 12.5. The van der Waals surface area contributed by atoms with Gasteiger partial charge in [0.05, 0.1) is 13.4 Å². The molecule has 0 radical (unpaired) electrons. The summed E-state index contributed by atoms with van der Waals surface area (Å²) in [7, 11) is -1.54. The van der Waals surface area contributed by atoms with Gasteiger partial charge in [0.25, 0.3) is 0 Å². The first-order valence-electron chi connectivity index (χ1n) is 5.34. The molecule has 0 bridgehead atoms. The molecule has 0 unspecified atom stereocenters. The minimum absolute atomic E-state index is 0.255. The molecule has 0 fully saturated rings. The van der Waals surface area contributed by atoms with Crippen LogP contribution in [-0.2, 0) is 15.4 Å². The van der Waals surface area contributed by atoms with Crippen LogP contribution in [0.4, 0.5) is 0 Å². The number of nitrogens with one attached hydrogen (secondary N) is 1. The van der Waals surface area contributed by atoms with Crippen LogP contribution in [0.1, 0.15) is 19.4 Å². The van der Waals surface area contributed by atoms with Crippen molar-refractivity contribution < 1.29 is 13.2 Å². The molecule has 0 aliphatic carbocycles. The summed E-state index contributed by atoms with van der Waals surface area (Å²) in [6.07, 6.45) is 1.16. The molecule has 5 heteroatoms. The van der Waals surface area contributed by atoms with Crippen molar-refractivity contribution >= 4 is 10.0 Å². The Balaban J connectivity index is 2.81. The lowest BCUT2D eigenvalue weighted by Gasteiger charge is -2.25. The van der Waals surface area contributed by atoms with Crippen LogP contribution < -0.4 is 9.46 Å². The van der Waals surface area contributed by atoms with E-state index in [0.717, 1.165) is 17.6 Å². The molecular weight excluding hydrogens is 238 g/mol. The maximum Gasteiger partial charge on any atom is 0.208 e. The van der Waals surface area contributed by atoms with E-state index in [1.807, 2.05) is 38.1 Å². The largest absolute Gasteiger partial charge is 0.497 e. The van der Waals surface area contributed by atoms with E-state index in [2.05, 4.69) is 4.72 Å². The van der Waals surface area contributed by atoms with Crippen molar-refractivity contribution in [2.45, 2.75) is 19.3 Å². The minimum Gasteiger partial charge on any atom is -0.497 e. The summed E-state index contributed by atoms with van der Waals surface area (Å²) >= 11 is 0. The SMILES string of the molecule is COc1ccc(C(C)(C)CNS(C)(=O)=O)cc1. The van der Waals surface area contributed by atoms with E-state index in [-0.39, 0.29) is 5.41 Å². The van der Waals surface area contributed by atoms with Gasteiger partial charge in [0.15, 0.2) is 0 Å². The van der Waals surface area contributed by atoms with Crippen LogP contribution in [0, 0.1) is 0 Å². The molecule has 0 spiro atoms. The number of hydrogen-bond acceptors (Lipinski definition) is 3. The summed E-state index contributed by atoms with van der Waals surface area (Å²) in [5.74, 6) is 0.792. The second-order valence-corrected chi connectivity index (χ2v) is 6.54. The van der Waals surface area contributed by atoms with Gasteiger partial charge in [-0.05, 0) is 17.7 Å². The third-order valence-electron chi connectivity index (χ3n) is 2.65. The van der Waals surface area contributed by atoms with Gasteiger partial charge in [-0.1, -0.05) is 26.0 Å². The molecule has 0 heterocycles. The monoisotopic (exact) mass is 257 g/mol. The summed E-state index contributed by atoms with van der Waals surface area (Å²) < 4.78 is 29.8. The van der Waals surface area contributed by atoms with Crippen LogP contribution in [-0.4, -0.2) is 28.3 Å². The Labute approximate surface area is 103 Å². The second-order valence-electron chi connectivity index (χ2n) is 4.71. The highest BCUT2D eigenvalue weighted by Gasteiger charge is 2.21. The van der Waals surface area contributed by atoms with E-state index in [9.17, 15) is 8.42 Å². The lowest BCUT2D eigenvalue weighted by Crippen LogP contribution is -2.36. The average Bonchev–Trinajstić information content (AvgIpc) is 2.26. The van der Waals surface area contributed by atoms with Crippen LogP contribution in [0.2, 0.25) is 0 Å². The Morgan fingerprint density at radius 1 is 1.24 bits per heavy atom. The van der Waals surface area contributed by atoms with Crippen LogP contribution in [0.15, 0.2) is 24.3 Å². The van der Waals surface area contributed by atoms with Gasteiger partial charge in [-0.2, -0.15) is 0 Å². The molecule has 1 N–H and O–H groups in total. The molecule has 1 rings (SSSR count). The van der Waals surface area contributed by atoms with Gasteiger partial charge >= 0.3 is 0 Å². The van der Waals surface area contributed by atoms with Crippen LogP contribution >= 0.6 is 0 Å². The van der Waals surface area contributed by atoms with E-state index < -0.39 is 10.0 Å². The van der Waals surface area contributed by atoms with Crippen LogP contribution in [0.5, 0.6) is 5.75 Å². The molecule has 0 amide bonds. The number of rotatable bonds is 5. The lowest BCUT2D eigenvalue weighted by atomic mass is 9.85. The van der Waals surface area contributed by atoms with Crippen molar-refractivity contribution in [2.24, 2.45) is 0 Å². The predicted molar refractivity (Wildman–Crippen MR) is 68.9 cm³/mol. The first-order chi connectivity index (χ1) is 7.74. The molecule has 4 nitrogen and oxygen atoms in total. The Morgan fingerprint density at radius 2 is 1.76 bits per heavy atom. The minimum atomic E-state index is -3.15. The fraction of sp³-hybridized carbons (Fsp3) is 0.500. The Hall–Kier alpha value is -1.07. The molecular formula is C12H19NO3S. The third-order valence-corrected chi connectivity index (χ3v) is 3.32. The van der Waals surface area contributed by atoms with E-state index in [0.29, 0.717) is 6.54 Å². The Bertz CT molecular complexity index is 463. The summed E-state index contributed by atoms with van der Waals surface area (Å²) in [5.41, 5.74) is 0.810. The fourth-order valence-corrected chi connectivity index (χ4v) is 2.08. The van der Waals surface area contributed by atoms with Gasteiger partial charge in [0.1, 0.15) is 5.75 Å². The third kappa shape index (κ3) is 4.36. The smallest absolute Gasteiger partial charge is 0.208 e. The maximum absolute atomic E-state index is 11.1. The second kappa shape index (κ2) is 5.06.